The molecule has 0 unspecified atom stereocenters. The Hall–Kier alpha value is -4.10. The largest absolute Gasteiger partial charge is 0.509 e. The highest BCUT2D eigenvalue weighted by molar-refractivity contribution is 5.94. The van der Waals surface area contributed by atoms with E-state index in [0.29, 0.717) is 43.1 Å². The molecular formula is C27H26FN5O7. The van der Waals surface area contributed by atoms with E-state index in [0.717, 1.165) is 24.7 Å². The van der Waals surface area contributed by atoms with Gasteiger partial charge in [0.25, 0.3) is 5.91 Å². The Kier molecular flexibility index (Phi) is 5.75. The van der Waals surface area contributed by atoms with Crippen molar-refractivity contribution in [1.29, 1.82) is 0 Å². The highest BCUT2D eigenvalue weighted by atomic mass is 19.1. The summed E-state index contributed by atoms with van der Waals surface area (Å²) >= 11 is 0. The number of amides is 1. The molecule has 0 radical (unpaired) electrons. The number of fused-ring (bicyclic) bond motifs is 5. The van der Waals surface area contributed by atoms with E-state index in [4.69, 9.17) is 23.7 Å². The van der Waals surface area contributed by atoms with Crippen molar-refractivity contribution in [3.63, 3.8) is 0 Å². The number of pyridine rings is 3. The molecule has 3 aromatic heterocycles. The van der Waals surface area contributed by atoms with Crippen molar-refractivity contribution in [2.45, 2.75) is 55.6 Å². The molecule has 12 nitrogen and oxygen atoms in total. The fraction of sp³-hybridized carbons (Fsp3) is 0.444. The molecule has 1 saturated carbocycles. The van der Waals surface area contributed by atoms with Gasteiger partial charge in [-0.05, 0) is 43.9 Å². The van der Waals surface area contributed by atoms with Gasteiger partial charge in [0, 0.05) is 18.2 Å². The molecule has 3 saturated heterocycles. The molecular weight excluding hydrogens is 525 g/mol. The van der Waals surface area contributed by atoms with Crippen LogP contribution in [-0.4, -0.2) is 64.6 Å². The normalized spacial score (nSPS) is 28.9. The first kappa shape index (κ1) is 24.9. The maximum Gasteiger partial charge on any atom is 0.509 e. The minimum Gasteiger partial charge on any atom is -0.481 e. The Labute approximate surface area is 227 Å². The molecule has 2 bridgehead atoms. The van der Waals surface area contributed by atoms with Crippen molar-refractivity contribution in [2.24, 2.45) is 0 Å². The predicted molar refractivity (Wildman–Crippen MR) is 135 cm³/mol. The van der Waals surface area contributed by atoms with Crippen molar-refractivity contribution in [1.82, 2.24) is 20.3 Å². The maximum atomic E-state index is 15.3. The van der Waals surface area contributed by atoms with E-state index in [1.807, 2.05) is 6.07 Å². The van der Waals surface area contributed by atoms with E-state index >= 15 is 4.39 Å². The lowest BCUT2D eigenvalue weighted by molar-refractivity contribution is -0.209. The summed E-state index contributed by atoms with van der Waals surface area (Å²) in [6.07, 6.45) is 0.910. The van der Waals surface area contributed by atoms with Gasteiger partial charge in [0.1, 0.15) is 11.1 Å². The van der Waals surface area contributed by atoms with E-state index in [9.17, 15) is 9.59 Å². The number of ether oxygens (including phenoxy) is 5. The number of anilines is 1. The zero-order valence-corrected chi connectivity index (χ0v) is 21.6. The SMILES string of the molecule is COc1ccc2ncc(F)c([C@H]3OC(=O)O[C@@H]3C34CCC(NCc5ccc6c(n5)NC(=O)CO6)(CC3)CO4)c2n1. The third kappa shape index (κ3) is 4.07. The van der Waals surface area contributed by atoms with Crippen molar-refractivity contribution in [3.05, 3.63) is 47.5 Å². The molecule has 208 valence electrons. The van der Waals surface area contributed by atoms with Crippen LogP contribution in [0.2, 0.25) is 0 Å². The minimum atomic E-state index is -1.06. The number of nitrogens with one attached hydrogen (secondary N) is 2. The second kappa shape index (κ2) is 9.24. The first-order valence-corrected chi connectivity index (χ1v) is 13.1. The molecule has 4 fully saturated rings. The van der Waals surface area contributed by atoms with Crippen LogP contribution in [0.15, 0.2) is 30.5 Å². The summed E-state index contributed by atoms with van der Waals surface area (Å²) in [5.41, 5.74) is 0.380. The van der Waals surface area contributed by atoms with E-state index in [-0.39, 0.29) is 35.0 Å². The average molecular weight is 552 g/mol. The monoisotopic (exact) mass is 551 g/mol. The van der Waals surface area contributed by atoms with Crippen molar-refractivity contribution in [2.75, 3.05) is 25.6 Å². The predicted octanol–water partition coefficient (Wildman–Crippen LogP) is 2.95. The molecule has 2 atom stereocenters. The van der Waals surface area contributed by atoms with Crippen LogP contribution in [0.3, 0.4) is 0 Å². The molecule has 13 heteroatoms. The van der Waals surface area contributed by atoms with Crippen LogP contribution in [-0.2, 0) is 25.5 Å². The van der Waals surface area contributed by atoms with Gasteiger partial charge in [-0.3, -0.25) is 9.78 Å². The highest BCUT2D eigenvalue weighted by Gasteiger charge is 2.60. The Morgan fingerprint density at radius 3 is 2.75 bits per heavy atom. The number of carbonyl (C=O) groups is 2. The van der Waals surface area contributed by atoms with Crippen molar-refractivity contribution >= 4 is 28.9 Å². The van der Waals surface area contributed by atoms with Crippen LogP contribution in [0, 0.1) is 5.82 Å². The highest BCUT2D eigenvalue weighted by Crippen LogP contribution is 2.52. The van der Waals surface area contributed by atoms with Gasteiger partial charge < -0.3 is 34.3 Å². The number of rotatable bonds is 6. The van der Waals surface area contributed by atoms with Gasteiger partial charge in [-0.15, -0.1) is 0 Å². The van der Waals surface area contributed by atoms with E-state index in [1.54, 1.807) is 18.2 Å². The summed E-state index contributed by atoms with van der Waals surface area (Å²) in [5.74, 6) is 0.344. The second-order valence-corrected chi connectivity index (χ2v) is 10.5. The summed E-state index contributed by atoms with van der Waals surface area (Å²) < 4.78 is 43.6. The lowest BCUT2D eigenvalue weighted by Gasteiger charge is -2.55. The number of halogens is 1. The van der Waals surface area contributed by atoms with Gasteiger partial charge in [0.2, 0.25) is 5.88 Å². The molecule has 1 aliphatic carbocycles. The zero-order valence-electron chi connectivity index (χ0n) is 21.6. The molecule has 40 heavy (non-hydrogen) atoms. The third-order valence-corrected chi connectivity index (χ3v) is 8.28. The first-order valence-electron chi connectivity index (χ1n) is 13.1. The van der Waals surface area contributed by atoms with Gasteiger partial charge in [0.05, 0.1) is 36.7 Å². The third-order valence-electron chi connectivity index (χ3n) is 8.28. The number of carbonyl (C=O) groups excluding carboxylic acids is 2. The fourth-order valence-electron chi connectivity index (χ4n) is 6.08. The number of aromatic nitrogens is 3. The molecule has 8 rings (SSSR count). The van der Waals surface area contributed by atoms with Gasteiger partial charge >= 0.3 is 6.16 Å². The van der Waals surface area contributed by atoms with E-state index in [1.165, 1.54) is 7.11 Å². The standard InChI is InChI=1S/C27H26FN5O7/c1-36-19-5-3-16-21(33-19)20(15(28)11-29-16)22-23(40-25(35)39-22)27-8-6-26(7-9-27,13-38-27)30-10-14-2-4-17-24(31-14)32-18(34)12-37-17/h2-5,11,22-23,30H,6-10,12-13H2,1H3,(H,31,32,34)/t22-,23+,26?,27?/m1/s1. The summed E-state index contributed by atoms with van der Waals surface area (Å²) in [7, 11) is 1.47. The number of cyclic esters (lactones) is 2. The van der Waals surface area contributed by atoms with Gasteiger partial charge in [-0.2, -0.15) is 0 Å². The van der Waals surface area contributed by atoms with Crippen LogP contribution in [0.25, 0.3) is 11.0 Å². The molecule has 4 aliphatic heterocycles. The summed E-state index contributed by atoms with van der Waals surface area (Å²) in [5, 5.41) is 6.32. The smallest absolute Gasteiger partial charge is 0.481 e. The molecule has 0 spiro atoms. The van der Waals surface area contributed by atoms with Crippen LogP contribution in [0.5, 0.6) is 11.6 Å². The Morgan fingerprint density at radius 2 is 1.98 bits per heavy atom. The second-order valence-electron chi connectivity index (χ2n) is 10.5. The molecule has 5 aliphatic rings. The average Bonchev–Trinajstić information content (AvgIpc) is 3.38. The lowest BCUT2D eigenvalue weighted by atomic mass is 9.67. The number of nitrogens with zero attached hydrogens (tertiary/aromatic N) is 3. The number of methoxy groups -OCH3 is 1. The van der Waals surface area contributed by atoms with Gasteiger partial charge in [-0.1, -0.05) is 0 Å². The van der Waals surface area contributed by atoms with E-state index < -0.39 is 29.8 Å². The molecule has 7 heterocycles. The first-order chi connectivity index (χ1) is 19.4. The maximum absolute atomic E-state index is 15.3. The van der Waals surface area contributed by atoms with Crippen LogP contribution < -0.4 is 20.1 Å². The minimum absolute atomic E-state index is 0.0224. The van der Waals surface area contributed by atoms with Crippen LogP contribution in [0.4, 0.5) is 15.0 Å². The number of hydrogen-bond donors (Lipinski definition) is 2. The molecule has 3 aromatic rings. The van der Waals surface area contributed by atoms with Crippen molar-refractivity contribution < 1.29 is 37.7 Å². The summed E-state index contributed by atoms with van der Waals surface area (Å²) in [6.45, 7) is 0.807. The quantitative estimate of drug-likeness (QED) is 0.437. The Balaban J connectivity index is 1.10. The molecule has 2 N–H and O–H groups in total. The topological polar surface area (TPSA) is 143 Å². The van der Waals surface area contributed by atoms with Gasteiger partial charge in [-0.25, -0.2) is 19.2 Å². The fourth-order valence-corrected chi connectivity index (χ4v) is 6.08. The Bertz CT molecular complexity index is 1510. The molecule has 0 aromatic carbocycles. The summed E-state index contributed by atoms with van der Waals surface area (Å²) in [4.78, 5) is 37.1. The van der Waals surface area contributed by atoms with Gasteiger partial charge in [0.15, 0.2) is 36.2 Å². The Morgan fingerprint density at radius 1 is 1.12 bits per heavy atom. The number of hydrogen-bond acceptors (Lipinski definition) is 11. The van der Waals surface area contributed by atoms with Crippen LogP contribution >= 0.6 is 0 Å². The summed E-state index contributed by atoms with van der Waals surface area (Å²) in [6, 6.07) is 6.95. The van der Waals surface area contributed by atoms with Crippen LogP contribution in [0.1, 0.15) is 43.0 Å². The zero-order chi connectivity index (χ0) is 27.5. The molecule has 1 amide bonds. The lowest BCUT2D eigenvalue weighted by Crippen LogP contribution is -2.65. The van der Waals surface area contributed by atoms with Crippen molar-refractivity contribution in [3.8, 4) is 11.6 Å². The van der Waals surface area contributed by atoms with E-state index in [2.05, 4.69) is 25.6 Å².